The summed E-state index contributed by atoms with van der Waals surface area (Å²) in [5, 5.41) is 15.1. The number of rotatable bonds is 6. The molecule has 0 unspecified atom stereocenters. The van der Waals surface area contributed by atoms with Gasteiger partial charge in [-0.3, -0.25) is 0 Å². The summed E-state index contributed by atoms with van der Waals surface area (Å²) in [6.45, 7) is 7.54. The average molecular weight is 213 g/mol. The van der Waals surface area contributed by atoms with Gasteiger partial charge in [-0.15, -0.1) is 0 Å². The fourth-order valence-electron chi connectivity index (χ4n) is 1.56. The first-order chi connectivity index (χ1) is 6.93. The van der Waals surface area contributed by atoms with Crippen LogP contribution in [-0.2, 0) is 0 Å². The molecular weight excluding hydrogens is 190 g/mol. The molecule has 0 aromatic carbocycles. The highest BCUT2D eigenvalue weighted by Gasteiger charge is 2.43. The van der Waals surface area contributed by atoms with Crippen LogP contribution >= 0.6 is 0 Å². The second-order valence-electron chi connectivity index (χ2n) is 5.36. The average Bonchev–Trinajstić information content (AvgIpc) is 2.96. The van der Waals surface area contributed by atoms with Crippen molar-refractivity contribution in [2.75, 3.05) is 6.54 Å². The molecule has 88 valence electrons. The summed E-state index contributed by atoms with van der Waals surface area (Å²) in [4.78, 5) is 0. The smallest absolute Gasteiger partial charge is 0.139 e. The summed E-state index contributed by atoms with van der Waals surface area (Å²) in [6.07, 6.45) is 4.16. The van der Waals surface area contributed by atoms with Crippen LogP contribution in [0.5, 0.6) is 0 Å². The maximum atomic E-state index is 8.54. The molecule has 0 bridgehead atoms. The second kappa shape index (κ2) is 4.39. The van der Waals surface area contributed by atoms with Gasteiger partial charge in [-0.05, 0) is 38.5 Å². The molecule has 0 spiro atoms. The molecule has 0 aromatic heterocycles. The van der Waals surface area contributed by atoms with E-state index in [4.69, 9.17) is 10.9 Å². The molecule has 0 saturated heterocycles. The summed E-state index contributed by atoms with van der Waals surface area (Å²) in [7, 11) is 0. The molecule has 1 aliphatic carbocycles. The highest BCUT2D eigenvalue weighted by molar-refractivity contribution is 5.80. The van der Waals surface area contributed by atoms with Crippen molar-refractivity contribution in [1.82, 2.24) is 5.32 Å². The van der Waals surface area contributed by atoms with Crippen LogP contribution < -0.4 is 11.1 Å². The number of oxime groups is 1. The van der Waals surface area contributed by atoms with E-state index in [0.717, 1.165) is 13.0 Å². The predicted octanol–water partition coefficient (Wildman–Crippen LogP) is 1.68. The van der Waals surface area contributed by atoms with Gasteiger partial charge in [0.15, 0.2) is 0 Å². The standard InChI is InChI=1S/C11H23N3O/c1-4-10(2,3)13-8-11(5-6-11)7-9(12)14-15/h13,15H,4-8H2,1-3H3,(H2,12,14). The maximum absolute atomic E-state index is 8.54. The van der Waals surface area contributed by atoms with Gasteiger partial charge in [-0.25, -0.2) is 0 Å². The SMILES string of the molecule is CCC(C)(C)NCC1(CC(N)=NO)CC1. The Morgan fingerprint density at radius 1 is 1.53 bits per heavy atom. The molecular formula is C11H23N3O. The van der Waals surface area contributed by atoms with E-state index >= 15 is 0 Å². The summed E-state index contributed by atoms with van der Waals surface area (Å²) in [5.74, 6) is 0.351. The number of nitrogens with one attached hydrogen (secondary N) is 1. The van der Waals surface area contributed by atoms with E-state index in [1.54, 1.807) is 0 Å². The highest BCUT2D eigenvalue weighted by atomic mass is 16.4. The van der Waals surface area contributed by atoms with Gasteiger partial charge in [-0.2, -0.15) is 0 Å². The molecule has 4 N–H and O–H groups in total. The number of amidine groups is 1. The molecule has 1 aliphatic rings. The van der Waals surface area contributed by atoms with Crippen LogP contribution in [0.1, 0.15) is 46.5 Å². The molecule has 0 amide bonds. The normalized spacial score (nSPS) is 20.3. The molecule has 0 heterocycles. The first-order valence-corrected chi connectivity index (χ1v) is 5.64. The summed E-state index contributed by atoms with van der Waals surface area (Å²) < 4.78 is 0. The molecule has 0 atom stereocenters. The van der Waals surface area contributed by atoms with Crippen LogP contribution in [-0.4, -0.2) is 23.1 Å². The minimum atomic E-state index is 0.181. The Labute approximate surface area is 91.9 Å². The third kappa shape index (κ3) is 3.70. The van der Waals surface area contributed by atoms with E-state index in [0.29, 0.717) is 12.3 Å². The second-order valence-corrected chi connectivity index (χ2v) is 5.36. The van der Waals surface area contributed by atoms with Crippen molar-refractivity contribution in [3.8, 4) is 0 Å². The third-order valence-corrected chi connectivity index (χ3v) is 3.47. The Morgan fingerprint density at radius 2 is 2.13 bits per heavy atom. The van der Waals surface area contributed by atoms with Crippen LogP contribution in [0.25, 0.3) is 0 Å². The molecule has 1 saturated carbocycles. The van der Waals surface area contributed by atoms with Crippen molar-refractivity contribution in [2.24, 2.45) is 16.3 Å². The van der Waals surface area contributed by atoms with Gasteiger partial charge >= 0.3 is 0 Å². The Kier molecular flexibility index (Phi) is 3.60. The minimum absolute atomic E-state index is 0.181. The topological polar surface area (TPSA) is 70.6 Å². The molecule has 4 heteroatoms. The van der Waals surface area contributed by atoms with Crippen LogP contribution in [0.2, 0.25) is 0 Å². The van der Waals surface area contributed by atoms with Gasteiger partial charge in [0.2, 0.25) is 0 Å². The van der Waals surface area contributed by atoms with Crippen molar-refractivity contribution in [3.05, 3.63) is 0 Å². The van der Waals surface area contributed by atoms with Crippen molar-refractivity contribution in [1.29, 1.82) is 0 Å². The van der Waals surface area contributed by atoms with E-state index in [1.807, 2.05) is 0 Å². The Balaban J connectivity index is 2.38. The monoisotopic (exact) mass is 213 g/mol. The predicted molar refractivity (Wildman–Crippen MR) is 62.1 cm³/mol. The maximum Gasteiger partial charge on any atom is 0.139 e. The van der Waals surface area contributed by atoms with E-state index in [9.17, 15) is 0 Å². The van der Waals surface area contributed by atoms with Gasteiger partial charge in [0.1, 0.15) is 5.84 Å². The molecule has 0 radical (unpaired) electrons. The lowest BCUT2D eigenvalue weighted by atomic mass is 9.97. The Bertz CT molecular complexity index is 244. The van der Waals surface area contributed by atoms with E-state index in [-0.39, 0.29) is 11.0 Å². The van der Waals surface area contributed by atoms with Crippen LogP contribution in [0, 0.1) is 5.41 Å². The Hall–Kier alpha value is -0.770. The molecule has 4 nitrogen and oxygen atoms in total. The van der Waals surface area contributed by atoms with Crippen molar-refractivity contribution >= 4 is 5.84 Å². The molecule has 0 aliphatic heterocycles. The summed E-state index contributed by atoms with van der Waals surface area (Å²) >= 11 is 0. The zero-order valence-corrected chi connectivity index (χ0v) is 10.0. The van der Waals surface area contributed by atoms with Crippen molar-refractivity contribution < 1.29 is 5.21 Å². The molecule has 1 rings (SSSR count). The number of nitrogens with zero attached hydrogens (tertiary/aromatic N) is 1. The fourth-order valence-corrected chi connectivity index (χ4v) is 1.56. The van der Waals surface area contributed by atoms with Gasteiger partial charge in [0.05, 0.1) is 0 Å². The van der Waals surface area contributed by atoms with Crippen LogP contribution in [0.3, 0.4) is 0 Å². The van der Waals surface area contributed by atoms with E-state index < -0.39 is 0 Å². The summed E-state index contributed by atoms with van der Waals surface area (Å²) in [6, 6.07) is 0. The third-order valence-electron chi connectivity index (χ3n) is 3.47. The van der Waals surface area contributed by atoms with Crippen molar-refractivity contribution in [2.45, 2.75) is 52.0 Å². The van der Waals surface area contributed by atoms with Gasteiger partial charge in [0, 0.05) is 18.5 Å². The first kappa shape index (κ1) is 12.3. The zero-order valence-electron chi connectivity index (χ0n) is 10.0. The largest absolute Gasteiger partial charge is 0.409 e. The number of hydrogen-bond acceptors (Lipinski definition) is 3. The van der Waals surface area contributed by atoms with Gasteiger partial charge in [0.25, 0.3) is 0 Å². The van der Waals surface area contributed by atoms with Crippen molar-refractivity contribution in [3.63, 3.8) is 0 Å². The number of hydrogen-bond donors (Lipinski definition) is 3. The highest BCUT2D eigenvalue weighted by Crippen LogP contribution is 2.48. The lowest BCUT2D eigenvalue weighted by molar-refractivity contribution is 0.308. The molecule has 15 heavy (non-hydrogen) atoms. The molecule has 1 fully saturated rings. The lowest BCUT2D eigenvalue weighted by Crippen LogP contribution is -2.42. The van der Waals surface area contributed by atoms with Gasteiger partial charge < -0.3 is 16.3 Å². The minimum Gasteiger partial charge on any atom is -0.409 e. The summed E-state index contributed by atoms with van der Waals surface area (Å²) in [5.41, 5.74) is 5.98. The van der Waals surface area contributed by atoms with E-state index in [1.165, 1.54) is 12.8 Å². The van der Waals surface area contributed by atoms with Crippen LogP contribution in [0.15, 0.2) is 5.16 Å². The quantitative estimate of drug-likeness (QED) is 0.272. The first-order valence-electron chi connectivity index (χ1n) is 5.64. The van der Waals surface area contributed by atoms with Crippen LogP contribution in [0.4, 0.5) is 0 Å². The van der Waals surface area contributed by atoms with E-state index in [2.05, 4.69) is 31.2 Å². The number of nitrogens with two attached hydrogens (primary N) is 1. The molecule has 0 aromatic rings. The lowest BCUT2D eigenvalue weighted by Gasteiger charge is -2.27. The van der Waals surface area contributed by atoms with Gasteiger partial charge in [-0.1, -0.05) is 12.1 Å². The zero-order chi connectivity index (χ0) is 11.5. The fraction of sp³-hybridized carbons (Fsp3) is 0.909. The Morgan fingerprint density at radius 3 is 2.53 bits per heavy atom.